The van der Waals surface area contributed by atoms with Gasteiger partial charge in [-0.1, -0.05) is 0 Å². The molecule has 3 nitrogen and oxygen atoms in total. The molecular formula is C11H22N2O. The van der Waals surface area contributed by atoms with E-state index in [4.69, 9.17) is 4.74 Å². The molecule has 0 saturated carbocycles. The molecule has 0 spiro atoms. The van der Waals surface area contributed by atoms with Crippen LogP contribution in [0, 0.1) is 5.92 Å². The summed E-state index contributed by atoms with van der Waals surface area (Å²) in [5.74, 6) is 0.885. The average molecular weight is 198 g/mol. The van der Waals surface area contributed by atoms with Crippen molar-refractivity contribution in [1.29, 1.82) is 0 Å². The molecule has 0 aromatic carbocycles. The maximum Gasteiger partial charge on any atom is 0.0589 e. The van der Waals surface area contributed by atoms with Gasteiger partial charge in [0.25, 0.3) is 0 Å². The maximum absolute atomic E-state index is 5.08. The van der Waals surface area contributed by atoms with E-state index in [9.17, 15) is 0 Å². The first kappa shape index (κ1) is 10.4. The van der Waals surface area contributed by atoms with Gasteiger partial charge in [-0.05, 0) is 32.2 Å². The summed E-state index contributed by atoms with van der Waals surface area (Å²) in [5.41, 5.74) is 0. The van der Waals surface area contributed by atoms with E-state index in [1.54, 1.807) is 7.11 Å². The Hall–Kier alpha value is -0.120. The molecule has 0 aliphatic carbocycles. The topological polar surface area (TPSA) is 24.5 Å². The summed E-state index contributed by atoms with van der Waals surface area (Å²) in [6.07, 6.45) is 4.19. The molecule has 0 aromatic rings. The van der Waals surface area contributed by atoms with Crippen LogP contribution in [0.2, 0.25) is 0 Å². The SMILES string of the molecule is COCCN(C)CC1CC2CCC1N2. The molecule has 0 aromatic heterocycles. The summed E-state index contributed by atoms with van der Waals surface area (Å²) in [6.45, 7) is 3.15. The minimum absolute atomic E-state index is 0.810. The minimum Gasteiger partial charge on any atom is -0.383 e. The highest BCUT2D eigenvalue weighted by Crippen LogP contribution is 2.33. The standard InChI is InChI=1S/C11H22N2O/c1-13(5-6-14-2)8-9-7-10-3-4-11(9)12-10/h9-12H,3-8H2,1-2H3. The number of methoxy groups -OCH3 is 1. The lowest BCUT2D eigenvalue weighted by Gasteiger charge is -2.25. The predicted octanol–water partition coefficient (Wildman–Crippen LogP) is 0.705. The minimum atomic E-state index is 0.810. The molecule has 0 amide bonds. The molecule has 2 heterocycles. The Morgan fingerprint density at radius 3 is 2.86 bits per heavy atom. The van der Waals surface area contributed by atoms with Gasteiger partial charge >= 0.3 is 0 Å². The number of nitrogens with one attached hydrogen (secondary N) is 1. The molecule has 1 N–H and O–H groups in total. The van der Waals surface area contributed by atoms with Crippen LogP contribution in [0.25, 0.3) is 0 Å². The Bertz CT molecular complexity index is 186. The lowest BCUT2D eigenvalue weighted by Crippen LogP contribution is -2.34. The maximum atomic E-state index is 5.08. The molecule has 3 unspecified atom stereocenters. The van der Waals surface area contributed by atoms with Crippen LogP contribution in [0.15, 0.2) is 0 Å². The molecule has 2 bridgehead atoms. The van der Waals surface area contributed by atoms with Gasteiger partial charge in [0.15, 0.2) is 0 Å². The van der Waals surface area contributed by atoms with Gasteiger partial charge in [-0.15, -0.1) is 0 Å². The van der Waals surface area contributed by atoms with Crippen LogP contribution in [0.5, 0.6) is 0 Å². The second-order valence-corrected chi connectivity index (χ2v) is 4.80. The van der Waals surface area contributed by atoms with Gasteiger partial charge < -0.3 is 15.0 Å². The van der Waals surface area contributed by atoms with Gasteiger partial charge in [-0.3, -0.25) is 0 Å². The lowest BCUT2D eigenvalue weighted by molar-refractivity contribution is 0.148. The number of nitrogens with zero attached hydrogens (tertiary/aromatic N) is 1. The van der Waals surface area contributed by atoms with Gasteiger partial charge in [-0.25, -0.2) is 0 Å². The van der Waals surface area contributed by atoms with E-state index >= 15 is 0 Å². The summed E-state index contributed by atoms with van der Waals surface area (Å²) in [7, 11) is 3.97. The van der Waals surface area contributed by atoms with Crippen LogP contribution in [-0.2, 0) is 4.74 Å². The molecule has 2 rings (SSSR count). The van der Waals surface area contributed by atoms with Crippen molar-refractivity contribution in [3.63, 3.8) is 0 Å². The summed E-state index contributed by atoms with van der Waals surface area (Å²) < 4.78 is 5.08. The third kappa shape index (κ3) is 2.27. The molecule has 0 radical (unpaired) electrons. The highest BCUT2D eigenvalue weighted by molar-refractivity contribution is 4.97. The van der Waals surface area contributed by atoms with Crippen molar-refractivity contribution in [1.82, 2.24) is 10.2 Å². The van der Waals surface area contributed by atoms with E-state index in [-0.39, 0.29) is 0 Å². The zero-order chi connectivity index (χ0) is 9.97. The van der Waals surface area contributed by atoms with Gasteiger partial charge in [0.1, 0.15) is 0 Å². The number of hydrogen-bond donors (Lipinski definition) is 1. The summed E-state index contributed by atoms with van der Waals surface area (Å²) >= 11 is 0. The van der Waals surface area contributed by atoms with Crippen LogP contribution in [0.4, 0.5) is 0 Å². The average Bonchev–Trinajstić information content (AvgIpc) is 2.76. The third-order valence-corrected chi connectivity index (χ3v) is 3.66. The van der Waals surface area contributed by atoms with E-state index < -0.39 is 0 Å². The molecule has 3 heteroatoms. The van der Waals surface area contributed by atoms with Crippen molar-refractivity contribution in [3.05, 3.63) is 0 Å². The monoisotopic (exact) mass is 198 g/mol. The summed E-state index contributed by atoms with van der Waals surface area (Å²) in [4.78, 5) is 2.40. The number of ether oxygens (including phenoxy) is 1. The second-order valence-electron chi connectivity index (χ2n) is 4.80. The van der Waals surface area contributed by atoms with E-state index in [1.807, 2.05) is 0 Å². The van der Waals surface area contributed by atoms with Crippen LogP contribution >= 0.6 is 0 Å². The number of fused-ring (bicyclic) bond motifs is 2. The molecular weight excluding hydrogens is 176 g/mol. The summed E-state index contributed by atoms with van der Waals surface area (Å²) in [5, 5.41) is 3.68. The first-order chi connectivity index (χ1) is 6.79. The first-order valence-electron chi connectivity index (χ1n) is 5.73. The molecule has 14 heavy (non-hydrogen) atoms. The quantitative estimate of drug-likeness (QED) is 0.704. The zero-order valence-corrected chi connectivity index (χ0v) is 9.33. The van der Waals surface area contributed by atoms with Crippen LogP contribution in [0.3, 0.4) is 0 Å². The Kier molecular flexibility index (Phi) is 3.42. The van der Waals surface area contributed by atoms with Crippen molar-refractivity contribution in [2.24, 2.45) is 5.92 Å². The molecule has 2 aliphatic heterocycles. The van der Waals surface area contributed by atoms with Gasteiger partial charge in [0, 0.05) is 32.3 Å². The largest absolute Gasteiger partial charge is 0.383 e. The first-order valence-corrected chi connectivity index (χ1v) is 5.73. The predicted molar refractivity (Wildman–Crippen MR) is 57.4 cm³/mol. The highest BCUT2D eigenvalue weighted by atomic mass is 16.5. The van der Waals surface area contributed by atoms with Gasteiger partial charge in [0.2, 0.25) is 0 Å². The van der Waals surface area contributed by atoms with E-state index in [1.165, 1.54) is 25.8 Å². The normalized spacial score (nSPS) is 35.8. The number of likely N-dealkylation sites (N-methyl/N-ethyl adjacent to an activating group) is 1. The smallest absolute Gasteiger partial charge is 0.0589 e. The Morgan fingerprint density at radius 1 is 1.43 bits per heavy atom. The van der Waals surface area contributed by atoms with Crippen LogP contribution < -0.4 is 5.32 Å². The molecule has 2 aliphatic rings. The number of hydrogen-bond acceptors (Lipinski definition) is 3. The van der Waals surface area contributed by atoms with Crippen molar-refractivity contribution in [3.8, 4) is 0 Å². The number of rotatable bonds is 5. The fourth-order valence-electron chi connectivity index (χ4n) is 2.88. The third-order valence-electron chi connectivity index (χ3n) is 3.66. The van der Waals surface area contributed by atoms with Crippen LogP contribution in [0.1, 0.15) is 19.3 Å². The van der Waals surface area contributed by atoms with E-state index in [0.717, 1.165) is 31.2 Å². The summed E-state index contributed by atoms with van der Waals surface area (Å²) in [6, 6.07) is 1.64. The van der Waals surface area contributed by atoms with Crippen molar-refractivity contribution in [2.75, 3.05) is 33.9 Å². The lowest BCUT2D eigenvalue weighted by atomic mass is 9.89. The van der Waals surface area contributed by atoms with E-state index in [0.29, 0.717) is 0 Å². The molecule has 82 valence electrons. The molecule has 2 fully saturated rings. The molecule has 2 saturated heterocycles. The Morgan fingerprint density at radius 2 is 2.29 bits per heavy atom. The van der Waals surface area contributed by atoms with Crippen molar-refractivity contribution < 1.29 is 4.74 Å². The molecule has 3 atom stereocenters. The van der Waals surface area contributed by atoms with Gasteiger partial charge in [0.05, 0.1) is 6.61 Å². The Balaban J connectivity index is 1.70. The zero-order valence-electron chi connectivity index (χ0n) is 9.33. The van der Waals surface area contributed by atoms with Crippen LogP contribution in [-0.4, -0.2) is 50.8 Å². The van der Waals surface area contributed by atoms with Crippen molar-refractivity contribution >= 4 is 0 Å². The second kappa shape index (κ2) is 4.60. The van der Waals surface area contributed by atoms with E-state index in [2.05, 4.69) is 17.3 Å². The fourth-order valence-corrected chi connectivity index (χ4v) is 2.88. The highest BCUT2D eigenvalue weighted by Gasteiger charge is 2.38. The van der Waals surface area contributed by atoms with Crippen molar-refractivity contribution in [2.45, 2.75) is 31.3 Å². The Labute approximate surface area is 86.8 Å². The fraction of sp³-hybridized carbons (Fsp3) is 1.00. The van der Waals surface area contributed by atoms with Gasteiger partial charge in [-0.2, -0.15) is 0 Å².